The van der Waals surface area contributed by atoms with E-state index in [1.165, 1.54) is 33.9 Å². The molecule has 1 unspecified atom stereocenters. The number of hydrogen-bond donors (Lipinski definition) is 1. The first-order valence-electron chi connectivity index (χ1n) is 7.20. The van der Waals surface area contributed by atoms with Crippen molar-refractivity contribution in [1.29, 1.82) is 0 Å². The molecule has 2 heterocycles. The first kappa shape index (κ1) is 16.9. The molecule has 1 aromatic carbocycles. The second kappa shape index (κ2) is 6.54. The highest BCUT2D eigenvalue weighted by Gasteiger charge is 2.20. The molecule has 0 spiro atoms. The van der Waals surface area contributed by atoms with Crippen LogP contribution in [0.4, 0.5) is 0 Å². The number of carboxylic acid groups (broad SMARTS) is 1. The lowest BCUT2D eigenvalue weighted by molar-refractivity contribution is 0.0697. The predicted octanol–water partition coefficient (Wildman–Crippen LogP) is 1.20. The number of carboxylic acids is 1. The molecule has 0 saturated heterocycles. The van der Waals surface area contributed by atoms with Crippen LogP contribution in [0.25, 0.3) is 16.7 Å². The number of rotatable bonds is 5. The summed E-state index contributed by atoms with van der Waals surface area (Å²) in [4.78, 5) is 32.1. The van der Waals surface area contributed by atoms with Crippen LogP contribution in [-0.4, -0.2) is 41.2 Å². The van der Waals surface area contributed by atoms with Gasteiger partial charge >= 0.3 is 11.1 Å². The molecule has 128 valence electrons. The maximum Gasteiger partial charge on any atom is 0.344 e. The lowest BCUT2D eigenvalue weighted by atomic mass is 10.2. The number of benzene rings is 1. The van der Waals surface area contributed by atoms with E-state index in [1.54, 1.807) is 18.2 Å². The van der Waals surface area contributed by atoms with Crippen molar-refractivity contribution in [1.82, 2.24) is 19.3 Å². The third-order valence-electron chi connectivity index (χ3n) is 3.55. The number of fused-ring (bicyclic) bond motifs is 1. The number of nitrogens with zero attached hydrogens (tertiary/aromatic N) is 4. The topological polar surface area (TPSA) is 113 Å². The SMILES string of the molecule is C=CCn1c(=O)c2cnc([S+](C)[O-])nc2n1-c1cccc(C(=O)O)c1. The molecular formula is C16H14N4O4S. The summed E-state index contributed by atoms with van der Waals surface area (Å²) in [6, 6.07) is 6.13. The Morgan fingerprint density at radius 2 is 2.24 bits per heavy atom. The largest absolute Gasteiger partial charge is 0.609 e. The van der Waals surface area contributed by atoms with Gasteiger partial charge in [-0.05, 0) is 18.2 Å². The summed E-state index contributed by atoms with van der Waals surface area (Å²) in [5.41, 5.74) is 0.435. The van der Waals surface area contributed by atoms with Gasteiger partial charge in [0, 0.05) is 11.2 Å². The predicted molar refractivity (Wildman–Crippen MR) is 92.6 cm³/mol. The summed E-state index contributed by atoms with van der Waals surface area (Å²) >= 11 is -1.42. The van der Waals surface area contributed by atoms with Crippen LogP contribution >= 0.6 is 0 Å². The van der Waals surface area contributed by atoms with E-state index in [2.05, 4.69) is 16.5 Å². The summed E-state index contributed by atoms with van der Waals surface area (Å²) < 4.78 is 14.6. The molecule has 25 heavy (non-hydrogen) atoms. The third kappa shape index (κ3) is 2.94. The average molecular weight is 358 g/mol. The minimum atomic E-state index is -1.42. The van der Waals surface area contributed by atoms with E-state index >= 15 is 0 Å². The monoisotopic (exact) mass is 358 g/mol. The maximum absolute atomic E-state index is 12.6. The molecule has 0 aliphatic heterocycles. The van der Waals surface area contributed by atoms with Crippen LogP contribution in [0.15, 0.2) is 53.1 Å². The number of aromatic carboxylic acids is 1. The Hall–Kier alpha value is -2.91. The van der Waals surface area contributed by atoms with Crippen molar-refractivity contribution in [2.75, 3.05) is 6.26 Å². The molecule has 3 aromatic rings. The molecule has 9 heteroatoms. The van der Waals surface area contributed by atoms with Crippen LogP contribution < -0.4 is 5.56 Å². The van der Waals surface area contributed by atoms with E-state index in [4.69, 9.17) is 0 Å². The summed E-state index contributed by atoms with van der Waals surface area (Å²) in [5, 5.41) is 9.54. The number of aromatic nitrogens is 4. The van der Waals surface area contributed by atoms with Crippen LogP contribution in [-0.2, 0) is 17.7 Å². The van der Waals surface area contributed by atoms with Crippen LogP contribution in [0.3, 0.4) is 0 Å². The maximum atomic E-state index is 12.6. The van der Waals surface area contributed by atoms with Crippen molar-refractivity contribution in [3.63, 3.8) is 0 Å². The zero-order valence-electron chi connectivity index (χ0n) is 13.2. The van der Waals surface area contributed by atoms with Crippen molar-refractivity contribution >= 4 is 28.2 Å². The van der Waals surface area contributed by atoms with Crippen LogP contribution in [0.5, 0.6) is 0 Å². The van der Waals surface area contributed by atoms with E-state index in [-0.39, 0.29) is 33.9 Å². The first-order valence-corrected chi connectivity index (χ1v) is 8.76. The van der Waals surface area contributed by atoms with Gasteiger partial charge < -0.3 is 9.66 Å². The standard InChI is InChI=1S/C16H14N4O4S/c1-3-7-19-14(21)12-9-17-16(25(2)24)18-13(12)20(19)11-6-4-5-10(8-11)15(22)23/h3-6,8-9H,1,7H2,2H3,(H,22,23). The van der Waals surface area contributed by atoms with Crippen molar-refractivity contribution in [2.45, 2.75) is 11.7 Å². The Kier molecular flexibility index (Phi) is 4.43. The number of hydrogen-bond acceptors (Lipinski definition) is 5. The number of allylic oxidation sites excluding steroid dienone is 1. The fourth-order valence-corrected chi connectivity index (χ4v) is 2.89. The lowest BCUT2D eigenvalue weighted by Crippen LogP contribution is -2.21. The van der Waals surface area contributed by atoms with E-state index in [0.717, 1.165) is 0 Å². The highest BCUT2D eigenvalue weighted by atomic mass is 32.2. The fraction of sp³-hybridized carbons (Fsp3) is 0.125. The smallest absolute Gasteiger partial charge is 0.344 e. The van der Waals surface area contributed by atoms with E-state index in [0.29, 0.717) is 5.69 Å². The van der Waals surface area contributed by atoms with E-state index < -0.39 is 17.1 Å². The molecule has 1 N–H and O–H groups in total. The molecule has 2 aromatic heterocycles. The van der Waals surface area contributed by atoms with Gasteiger partial charge in [-0.2, -0.15) is 9.97 Å². The Balaban J connectivity index is 2.38. The van der Waals surface area contributed by atoms with Crippen LogP contribution in [0.1, 0.15) is 10.4 Å². The molecule has 3 rings (SSSR count). The van der Waals surface area contributed by atoms with Crippen LogP contribution in [0.2, 0.25) is 0 Å². The molecule has 1 atom stereocenters. The minimum Gasteiger partial charge on any atom is -0.609 e. The molecule has 0 radical (unpaired) electrons. The highest BCUT2D eigenvalue weighted by Crippen LogP contribution is 2.18. The molecule has 0 amide bonds. The van der Waals surface area contributed by atoms with Gasteiger partial charge in [0.1, 0.15) is 11.6 Å². The van der Waals surface area contributed by atoms with Gasteiger partial charge in [-0.1, -0.05) is 12.1 Å². The third-order valence-corrected chi connectivity index (χ3v) is 4.26. The summed E-state index contributed by atoms with van der Waals surface area (Å²) in [7, 11) is 0. The van der Waals surface area contributed by atoms with Gasteiger partial charge in [0.15, 0.2) is 5.65 Å². The van der Waals surface area contributed by atoms with Crippen molar-refractivity contribution in [3.8, 4) is 5.69 Å². The zero-order chi connectivity index (χ0) is 18.1. The quantitative estimate of drug-likeness (QED) is 0.417. The second-order valence-corrected chi connectivity index (χ2v) is 6.46. The lowest BCUT2D eigenvalue weighted by Gasteiger charge is -2.11. The fourth-order valence-electron chi connectivity index (χ4n) is 2.47. The Morgan fingerprint density at radius 3 is 2.88 bits per heavy atom. The van der Waals surface area contributed by atoms with Crippen LogP contribution in [0, 0.1) is 0 Å². The Bertz CT molecular complexity index is 1040. The van der Waals surface area contributed by atoms with Crippen molar-refractivity contribution in [3.05, 3.63) is 59.0 Å². The van der Waals surface area contributed by atoms with Crippen molar-refractivity contribution < 1.29 is 14.5 Å². The summed E-state index contributed by atoms with van der Waals surface area (Å²) in [5.74, 6) is -1.08. The molecular weight excluding hydrogens is 344 g/mol. The average Bonchev–Trinajstić information content (AvgIpc) is 2.87. The van der Waals surface area contributed by atoms with E-state index in [9.17, 15) is 19.2 Å². The molecule has 8 nitrogen and oxygen atoms in total. The summed E-state index contributed by atoms with van der Waals surface area (Å²) in [6.45, 7) is 3.83. The molecule has 0 fully saturated rings. The van der Waals surface area contributed by atoms with E-state index in [1.807, 2.05) is 0 Å². The van der Waals surface area contributed by atoms with Gasteiger partial charge in [-0.15, -0.1) is 6.58 Å². The minimum absolute atomic E-state index is 0.0744. The van der Waals surface area contributed by atoms with Gasteiger partial charge in [0.05, 0.1) is 24.0 Å². The Morgan fingerprint density at radius 1 is 1.48 bits per heavy atom. The van der Waals surface area contributed by atoms with Gasteiger partial charge in [0.25, 0.3) is 5.56 Å². The summed E-state index contributed by atoms with van der Waals surface area (Å²) in [6.07, 6.45) is 4.32. The number of carbonyl (C=O) groups is 1. The highest BCUT2D eigenvalue weighted by molar-refractivity contribution is 7.90. The second-order valence-electron chi connectivity index (χ2n) is 5.19. The zero-order valence-corrected chi connectivity index (χ0v) is 14.1. The van der Waals surface area contributed by atoms with Crippen molar-refractivity contribution in [2.24, 2.45) is 0 Å². The molecule has 0 aliphatic carbocycles. The van der Waals surface area contributed by atoms with Gasteiger partial charge in [-0.3, -0.25) is 4.79 Å². The van der Waals surface area contributed by atoms with Gasteiger partial charge in [-0.25, -0.2) is 14.2 Å². The van der Waals surface area contributed by atoms with Gasteiger partial charge in [0.2, 0.25) is 0 Å². The molecule has 0 saturated carbocycles. The molecule has 0 aliphatic rings. The normalized spacial score (nSPS) is 12.2. The molecule has 0 bridgehead atoms. The Labute approximate surface area is 145 Å². The first-order chi connectivity index (χ1) is 11.9.